The van der Waals surface area contributed by atoms with Gasteiger partial charge in [-0.2, -0.15) is 0 Å². The molecule has 3 saturated heterocycles. The summed E-state index contributed by atoms with van der Waals surface area (Å²) >= 11 is 3.72. The Morgan fingerprint density at radius 2 is 1.88 bits per heavy atom. The molecular weight excluding hydrogens is 690 g/mol. The molecule has 1 spiro atoms. The van der Waals surface area contributed by atoms with E-state index in [1.54, 1.807) is 29.0 Å². The second-order valence-electron chi connectivity index (χ2n) is 13.3. The van der Waals surface area contributed by atoms with Crippen molar-refractivity contribution in [2.24, 2.45) is 11.8 Å². The van der Waals surface area contributed by atoms with E-state index in [-0.39, 0.29) is 42.8 Å². The minimum Gasteiger partial charge on any atom is -0.455 e. The summed E-state index contributed by atoms with van der Waals surface area (Å²) in [6, 6.07) is 13.4. The van der Waals surface area contributed by atoms with Gasteiger partial charge in [0.1, 0.15) is 17.7 Å². The smallest absolute Gasteiger partial charge is 0.313 e. The van der Waals surface area contributed by atoms with Crippen LogP contribution in [0.15, 0.2) is 73.8 Å². The number of hydrogen-bond acceptors (Lipinski definition) is 7. The normalized spacial score (nSPS) is 26.5. The molecule has 3 aliphatic heterocycles. The lowest BCUT2D eigenvalue weighted by molar-refractivity contribution is -0.164. The second kappa shape index (κ2) is 15.0. The fraction of sp³-hybridized carbons (Fsp3) is 0.474. The van der Waals surface area contributed by atoms with Crippen LogP contribution in [0, 0.1) is 25.7 Å². The van der Waals surface area contributed by atoms with Crippen molar-refractivity contribution in [2.45, 2.75) is 74.8 Å². The number of ether oxygens (including phenoxy) is 2. The third-order valence-corrected chi connectivity index (χ3v) is 11.1. The average Bonchev–Trinajstić information content (AvgIpc) is 3.68. The average molecular weight is 737 g/mol. The SMILES string of the molecule is C=CCCC(=O)N(C)[C@@H](C)[C@@H](OC(=O)[C@H]1[C@@H]2O[C@@]3(CC2Br)[C@@H]1C(=O)N(CCO)[C@@H]3C(=O)N(CC=C)c1cc(C)ccc1C)c1ccccc1. The van der Waals surface area contributed by atoms with Gasteiger partial charge in [0, 0.05) is 37.1 Å². The van der Waals surface area contributed by atoms with Gasteiger partial charge in [0.15, 0.2) is 0 Å². The number of benzene rings is 2. The van der Waals surface area contributed by atoms with E-state index in [1.807, 2.05) is 69.3 Å². The third kappa shape index (κ3) is 6.60. The predicted molar refractivity (Wildman–Crippen MR) is 190 cm³/mol. The highest BCUT2D eigenvalue weighted by molar-refractivity contribution is 9.09. The number of likely N-dealkylation sites (N-methyl/N-ethyl adjacent to an activating group) is 1. The molecule has 3 heterocycles. The second-order valence-corrected chi connectivity index (χ2v) is 14.5. The van der Waals surface area contributed by atoms with Crippen LogP contribution in [0.5, 0.6) is 0 Å². The highest BCUT2D eigenvalue weighted by atomic mass is 79.9. The third-order valence-electron chi connectivity index (χ3n) is 10.2. The maximum Gasteiger partial charge on any atom is 0.313 e. The van der Waals surface area contributed by atoms with Gasteiger partial charge in [-0.15, -0.1) is 13.2 Å². The zero-order chi connectivity index (χ0) is 35.6. The number of halogens is 1. The first-order chi connectivity index (χ1) is 23.4. The van der Waals surface area contributed by atoms with Gasteiger partial charge in [-0.05, 0) is 56.4 Å². The number of aryl methyl sites for hydroxylation is 2. The van der Waals surface area contributed by atoms with Crippen molar-refractivity contribution >= 4 is 45.3 Å². The number of alkyl halides is 1. The van der Waals surface area contributed by atoms with Gasteiger partial charge < -0.3 is 29.3 Å². The molecular formula is C38H46BrN3O7. The lowest BCUT2D eigenvalue weighted by Crippen LogP contribution is -2.57. The number of carbonyl (C=O) groups excluding carboxylic acids is 4. The van der Waals surface area contributed by atoms with Gasteiger partial charge in [0.05, 0.1) is 30.6 Å². The van der Waals surface area contributed by atoms with Crippen molar-refractivity contribution in [3.8, 4) is 0 Å². The molecule has 5 rings (SSSR count). The fourth-order valence-electron chi connectivity index (χ4n) is 7.74. The van der Waals surface area contributed by atoms with Gasteiger partial charge in [-0.1, -0.05) is 70.5 Å². The van der Waals surface area contributed by atoms with E-state index in [0.29, 0.717) is 24.1 Å². The maximum absolute atomic E-state index is 14.8. The Kier molecular flexibility index (Phi) is 11.2. The van der Waals surface area contributed by atoms with Crippen molar-refractivity contribution < 1.29 is 33.8 Å². The summed E-state index contributed by atoms with van der Waals surface area (Å²) in [6.45, 7) is 13.0. The number of aliphatic hydroxyl groups is 1. The molecule has 3 fully saturated rings. The van der Waals surface area contributed by atoms with Gasteiger partial charge >= 0.3 is 5.97 Å². The highest BCUT2D eigenvalue weighted by Gasteiger charge is 2.77. The fourth-order valence-corrected chi connectivity index (χ4v) is 8.69. The summed E-state index contributed by atoms with van der Waals surface area (Å²) in [5, 5.41) is 10.1. The minimum absolute atomic E-state index is 0.105. The number of aliphatic hydroxyl groups excluding tert-OH is 1. The van der Waals surface area contributed by atoms with E-state index in [9.17, 15) is 24.3 Å². The number of rotatable bonds is 14. The van der Waals surface area contributed by atoms with Crippen LogP contribution in [-0.2, 0) is 28.7 Å². The van der Waals surface area contributed by atoms with E-state index < -0.39 is 53.6 Å². The molecule has 0 aromatic heterocycles. The number of likely N-dealkylation sites (tertiary alicyclic amines) is 1. The number of β-amino-alcohol motifs (C(OH)–C–C–N with tert-alkyl or cyclic N) is 1. The monoisotopic (exact) mass is 735 g/mol. The summed E-state index contributed by atoms with van der Waals surface area (Å²) in [4.78, 5) is 60.8. The Labute approximate surface area is 296 Å². The molecule has 49 heavy (non-hydrogen) atoms. The number of anilines is 1. The van der Waals surface area contributed by atoms with E-state index >= 15 is 0 Å². The molecule has 0 radical (unpaired) electrons. The maximum atomic E-state index is 14.8. The van der Waals surface area contributed by atoms with Gasteiger partial charge in [0.2, 0.25) is 11.8 Å². The number of nitrogens with zero attached hydrogens (tertiary/aromatic N) is 3. The predicted octanol–water partition coefficient (Wildman–Crippen LogP) is 4.66. The van der Waals surface area contributed by atoms with E-state index in [4.69, 9.17) is 9.47 Å². The zero-order valence-corrected chi connectivity index (χ0v) is 30.2. The minimum atomic E-state index is -1.34. The quantitative estimate of drug-likeness (QED) is 0.171. The first kappa shape index (κ1) is 36.5. The Bertz CT molecular complexity index is 1600. The Hall–Kier alpha value is -3.80. The molecule has 1 unspecified atom stereocenters. The molecule has 3 aliphatic rings. The van der Waals surface area contributed by atoms with Crippen LogP contribution in [0.1, 0.15) is 49.0 Å². The summed E-state index contributed by atoms with van der Waals surface area (Å²) in [5.41, 5.74) is 1.88. The standard InChI is InChI=1S/C38H46BrN3O7/c1-7-9-15-29(44)40(6)25(5)32(26-13-11-10-12-14-26)48-37(47)30-31-35(45)42(19-20-43)34(38(31)22-27(39)33(30)49-38)36(46)41(18-8-2)28-21-23(3)16-17-24(28)4/h7-8,10-14,16-17,21,25,27,30-34,43H,1-2,9,15,18-20,22H2,3-6H3/t25-,27?,30+,31-,32+,33+,34+,38-/m0/s1. The van der Waals surface area contributed by atoms with Gasteiger partial charge in [0.25, 0.3) is 5.91 Å². The van der Waals surface area contributed by atoms with Crippen molar-refractivity contribution in [3.05, 3.63) is 90.5 Å². The van der Waals surface area contributed by atoms with Crippen molar-refractivity contribution in [2.75, 3.05) is 31.6 Å². The number of fused-ring (bicyclic) bond motifs is 1. The number of allylic oxidation sites excluding steroid dienone is 1. The summed E-state index contributed by atoms with van der Waals surface area (Å²) in [7, 11) is 1.68. The Morgan fingerprint density at radius 3 is 2.53 bits per heavy atom. The van der Waals surface area contributed by atoms with Crippen molar-refractivity contribution in [3.63, 3.8) is 0 Å². The molecule has 0 aliphatic carbocycles. The summed E-state index contributed by atoms with van der Waals surface area (Å²) in [5.74, 6) is -3.61. The molecule has 2 aromatic carbocycles. The largest absolute Gasteiger partial charge is 0.455 e. The van der Waals surface area contributed by atoms with E-state index in [1.165, 1.54) is 4.90 Å². The number of carbonyl (C=O) groups is 4. The van der Waals surface area contributed by atoms with Crippen molar-refractivity contribution in [1.82, 2.24) is 9.80 Å². The topological polar surface area (TPSA) is 117 Å². The molecule has 1 N–H and O–H groups in total. The van der Waals surface area contributed by atoms with Crippen LogP contribution in [0.25, 0.3) is 0 Å². The van der Waals surface area contributed by atoms with Crippen LogP contribution in [0.4, 0.5) is 5.69 Å². The van der Waals surface area contributed by atoms with Crippen LogP contribution in [-0.4, -0.2) is 94.0 Å². The number of amides is 3. The first-order valence-corrected chi connectivity index (χ1v) is 17.7. The molecule has 11 heteroatoms. The van der Waals surface area contributed by atoms with E-state index in [2.05, 4.69) is 29.1 Å². The number of hydrogen-bond donors (Lipinski definition) is 1. The van der Waals surface area contributed by atoms with Crippen molar-refractivity contribution in [1.29, 1.82) is 0 Å². The summed E-state index contributed by atoms with van der Waals surface area (Å²) in [6.07, 6.45) is 2.83. The lowest BCUT2D eigenvalue weighted by atomic mass is 9.70. The molecule has 2 aromatic rings. The van der Waals surface area contributed by atoms with Crippen LogP contribution >= 0.6 is 15.9 Å². The molecule has 262 valence electrons. The zero-order valence-electron chi connectivity index (χ0n) is 28.6. The Balaban J connectivity index is 1.51. The van der Waals surface area contributed by atoms with E-state index in [0.717, 1.165) is 11.1 Å². The number of esters is 1. The van der Waals surface area contributed by atoms with Gasteiger partial charge in [-0.25, -0.2) is 0 Å². The molecule has 10 nitrogen and oxygen atoms in total. The Morgan fingerprint density at radius 1 is 1.16 bits per heavy atom. The highest BCUT2D eigenvalue weighted by Crippen LogP contribution is 2.60. The van der Waals surface area contributed by atoms with Gasteiger partial charge in [-0.3, -0.25) is 19.2 Å². The lowest BCUT2D eigenvalue weighted by Gasteiger charge is -2.37. The molecule has 3 amide bonds. The van der Waals surface area contributed by atoms with Crippen LogP contribution < -0.4 is 4.90 Å². The molecule has 8 atom stereocenters. The molecule has 2 bridgehead atoms. The first-order valence-electron chi connectivity index (χ1n) is 16.8. The molecule has 0 saturated carbocycles. The van der Waals surface area contributed by atoms with Crippen LogP contribution in [0.3, 0.4) is 0 Å². The summed E-state index contributed by atoms with van der Waals surface area (Å²) < 4.78 is 13.0. The van der Waals surface area contributed by atoms with Crippen LogP contribution in [0.2, 0.25) is 0 Å².